The van der Waals surface area contributed by atoms with Crippen LogP contribution in [0.4, 0.5) is 17.5 Å². The molecule has 6 heteroatoms. The number of fused-ring (bicyclic) bond motifs is 1. The lowest BCUT2D eigenvalue weighted by Gasteiger charge is -2.13. The van der Waals surface area contributed by atoms with Crippen LogP contribution in [-0.4, -0.2) is 22.2 Å². The van der Waals surface area contributed by atoms with Crippen molar-refractivity contribution in [3.8, 4) is 0 Å². The Bertz CT molecular complexity index is 433. The molecule has 2 rings (SSSR count). The number of aliphatic imine (C=N–C) groups is 1. The van der Waals surface area contributed by atoms with Gasteiger partial charge in [0.25, 0.3) is 5.56 Å². The number of hydrogen-bond acceptors (Lipinski definition) is 5. The van der Waals surface area contributed by atoms with Gasteiger partial charge in [0, 0.05) is 5.71 Å². The van der Waals surface area contributed by atoms with Crippen molar-refractivity contribution in [1.29, 1.82) is 0 Å². The molecule has 1 aliphatic heterocycles. The van der Waals surface area contributed by atoms with Crippen molar-refractivity contribution >= 4 is 23.2 Å². The van der Waals surface area contributed by atoms with Crippen molar-refractivity contribution in [2.24, 2.45) is 4.99 Å². The van der Waals surface area contributed by atoms with Crippen molar-refractivity contribution in [3.05, 3.63) is 10.4 Å². The minimum absolute atomic E-state index is 0.103. The number of nitrogens with two attached hydrogens (primary N) is 1. The Morgan fingerprint density at radius 1 is 1.54 bits per heavy atom. The van der Waals surface area contributed by atoms with Gasteiger partial charge in [-0.25, -0.2) is 4.99 Å². The molecule has 13 heavy (non-hydrogen) atoms. The first-order valence-corrected chi connectivity index (χ1v) is 3.84. The van der Waals surface area contributed by atoms with Gasteiger partial charge in [-0.15, -0.1) is 0 Å². The monoisotopic (exact) mass is 179 g/mol. The molecule has 1 aromatic rings. The molecule has 0 atom stereocenters. The second kappa shape index (κ2) is 2.58. The smallest absolute Gasteiger partial charge is 0.280 e. The highest BCUT2D eigenvalue weighted by molar-refractivity contribution is 5.92. The third-order valence-corrected chi connectivity index (χ3v) is 1.73. The van der Waals surface area contributed by atoms with Gasteiger partial charge in [-0.2, -0.15) is 4.98 Å². The van der Waals surface area contributed by atoms with Crippen LogP contribution in [0.5, 0.6) is 0 Å². The number of aromatic amines is 1. The fourth-order valence-electron chi connectivity index (χ4n) is 1.15. The molecule has 0 bridgehead atoms. The molecule has 1 aromatic heterocycles. The Morgan fingerprint density at radius 2 is 2.31 bits per heavy atom. The summed E-state index contributed by atoms with van der Waals surface area (Å²) in [7, 11) is 0. The first kappa shape index (κ1) is 7.78. The van der Waals surface area contributed by atoms with Gasteiger partial charge >= 0.3 is 0 Å². The zero-order valence-electron chi connectivity index (χ0n) is 7.09. The second-order valence-corrected chi connectivity index (χ2v) is 2.85. The average molecular weight is 179 g/mol. The van der Waals surface area contributed by atoms with Crippen LogP contribution < -0.4 is 16.6 Å². The Kier molecular flexibility index (Phi) is 1.54. The standard InChI is InChI=1S/C7H9N5O/c1-3-2-9-5-4(10-3)6(13)12-7(8)11-5/h2H2,1H3,(H4,8,9,11,12,13). The highest BCUT2D eigenvalue weighted by Gasteiger charge is 2.13. The van der Waals surface area contributed by atoms with E-state index in [0.29, 0.717) is 18.1 Å². The summed E-state index contributed by atoms with van der Waals surface area (Å²) in [5, 5.41) is 2.95. The average Bonchev–Trinajstić information content (AvgIpc) is 2.06. The van der Waals surface area contributed by atoms with Crippen molar-refractivity contribution in [2.75, 3.05) is 17.6 Å². The maximum Gasteiger partial charge on any atom is 0.280 e. The third kappa shape index (κ3) is 1.26. The first-order valence-electron chi connectivity index (χ1n) is 3.84. The zero-order valence-corrected chi connectivity index (χ0v) is 7.09. The van der Waals surface area contributed by atoms with E-state index >= 15 is 0 Å². The largest absolute Gasteiger partial charge is 0.369 e. The van der Waals surface area contributed by atoms with Crippen molar-refractivity contribution < 1.29 is 0 Å². The number of nitrogens with one attached hydrogen (secondary N) is 2. The van der Waals surface area contributed by atoms with Crippen LogP contribution in [0.3, 0.4) is 0 Å². The van der Waals surface area contributed by atoms with Crippen LogP contribution in [-0.2, 0) is 0 Å². The van der Waals surface area contributed by atoms with E-state index in [1.54, 1.807) is 0 Å². The molecule has 0 unspecified atom stereocenters. The predicted octanol–water partition coefficient (Wildman–Crippen LogP) is -0.130. The molecule has 0 radical (unpaired) electrons. The number of nitrogen functional groups attached to an aromatic ring is 1. The number of anilines is 2. The van der Waals surface area contributed by atoms with Gasteiger partial charge in [-0.05, 0) is 6.92 Å². The van der Waals surface area contributed by atoms with E-state index in [-0.39, 0.29) is 11.5 Å². The first-order chi connectivity index (χ1) is 6.16. The maximum absolute atomic E-state index is 11.3. The minimum atomic E-state index is -0.311. The van der Waals surface area contributed by atoms with E-state index < -0.39 is 0 Å². The lowest BCUT2D eigenvalue weighted by atomic mass is 10.3. The summed E-state index contributed by atoms with van der Waals surface area (Å²) in [5.74, 6) is 0.554. The number of H-pyrrole nitrogens is 1. The molecular weight excluding hydrogens is 170 g/mol. The molecule has 0 amide bonds. The molecule has 2 heterocycles. The fourth-order valence-corrected chi connectivity index (χ4v) is 1.15. The molecule has 0 spiro atoms. The Labute approximate surface area is 73.9 Å². The molecular formula is C7H9N5O. The van der Waals surface area contributed by atoms with E-state index in [4.69, 9.17) is 5.73 Å². The van der Waals surface area contributed by atoms with Crippen molar-refractivity contribution in [3.63, 3.8) is 0 Å². The summed E-state index contributed by atoms with van der Waals surface area (Å²) < 4.78 is 0. The molecule has 0 aliphatic carbocycles. The SMILES string of the molecule is CC1=Nc2c(nc(N)[nH]c2=O)NC1. The molecule has 4 N–H and O–H groups in total. The summed E-state index contributed by atoms with van der Waals surface area (Å²) in [6.45, 7) is 2.44. The fraction of sp³-hybridized carbons (Fsp3) is 0.286. The number of nitrogens with zero attached hydrogens (tertiary/aromatic N) is 2. The lowest BCUT2D eigenvalue weighted by Crippen LogP contribution is -2.22. The lowest BCUT2D eigenvalue weighted by molar-refractivity contribution is 1.09. The minimum Gasteiger partial charge on any atom is -0.369 e. The third-order valence-electron chi connectivity index (χ3n) is 1.73. The number of aromatic nitrogens is 2. The molecule has 0 saturated carbocycles. The zero-order chi connectivity index (χ0) is 9.42. The van der Waals surface area contributed by atoms with E-state index in [1.807, 2.05) is 6.92 Å². The van der Waals surface area contributed by atoms with Crippen LogP contribution in [0, 0.1) is 0 Å². The molecule has 0 aromatic carbocycles. The van der Waals surface area contributed by atoms with Gasteiger partial charge in [-0.3, -0.25) is 9.78 Å². The van der Waals surface area contributed by atoms with Gasteiger partial charge in [0.05, 0.1) is 6.54 Å². The van der Waals surface area contributed by atoms with Gasteiger partial charge < -0.3 is 11.1 Å². The highest BCUT2D eigenvalue weighted by Crippen LogP contribution is 2.20. The summed E-state index contributed by atoms with van der Waals surface area (Å²) in [6.07, 6.45) is 0. The quantitative estimate of drug-likeness (QED) is 0.516. The Hall–Kier alpha value is -1.85. The summed E-state index contributed by atoms with van der Waals surface area (Å²) >= 11 is 0. The van der Waals surface area contributed by atoms with Crippen LogP contribution in [0.1, 0.15) is 6.92 Å². The number of hydrogen-bond donors (Lipinski definition) is 3. The predicted molar refractivity (Wildman–Crippen MR) is 50.5 cm³/mol. The van der Waals surface area contributed by atoms with Gasteiger partial charge in [0.2, 0.25) is 5.95 Å². The van der Waals surface area contributed by atoms with Gasteiger partial charge in [0.15, 0.2) is 11.5 Å². The van der Waals surface area contributed by atoms with Gasteiger partial charge in [-0.1, -0.05) is 0 Å². The maximum atomic E-state index is 11.3. The summed E-state index contributed by atoms with van der Waals surface area (Å²) in [5.41, 5.74) is 6.21. The van der Waals surface area contributed by atoms with Crippen LogP contribution in [0.15, 0.2) is 9.79 Å². The van der Waals surface area contributed by atoms with E-state index in [1.165, 1.54) is 0 Å². The van der Waals surface area contributed by atoms with Crippen LogP contribution in [0.25, 0.3) is 0 Å². The summed E-state index contributed by atoms with van der Waals surface area (Å²) in [4.78, 5) is 21.7. The summed E-state index contributed by atoms with van der Waals surface area (Å²) in [6, 6.07) is 0. The van der Waals surface area contributed by atoms with E-state index in [9.17, 15) is 4.79 Å². The molecule has 68 valence electrons. The normalized spacial score (nSPS) is 14.4. The molecule has 1 aliphatic rings. The van der Waals surface area contributed by atoms with Crippen molar-refractivity contribution in [2.45, 2.75) is 6.92 Å². The highest BCUT2D eigenvalue weighted by atomic mass is 16.1. The second-order valence-electron chi connectivity index (χ2n) is 2.85. The molecule has 6 nitrogen and oxygen atoms in total. The van der Waals surface area contributed by atoms with E-state index in [0.717, 1.165) is 5.71 Å². The Balaban J connectivity index is 2.68. The number of rotatable bonds is 0. The van der Waals surface area contributed by atoms with Crippen LogP contribution in [0.2, 0.25) is 0 Å². The van der Waals surface area contributed by atoms with Gasteiger partial charge in [0.1, 0.15) is 0 Å². The molecule has 0 fully saturated rings. The van der Waals surface area contributed by atoms with Crippen molar-refractivity contribution in [1.82, 2.24) is 9.97 Å². The molecule has 0 saturated heterocycles. The Morgan fingerprint density at radius 3 is 3.08 bits per heavy atom. The topological polar surface area (TPSA) is 96.2 Å². The van der Waals surface area contributed by atoms with Crippen LogP contribution >= 0.6 is 0 Å². The van der Waals surface area contributed by atoms with E-state index in [2.05, 4.69) is 20.3 Å².